The number of methoxy groups -OCH3 is 2. The molecule has 0 aliphatic heterocycles. The summed E-state index contributed by atoms with van der Waals surface area (Å²) in [5, 5.41) is 21.9. The van der Waals surface area contributed by atoms with Crippen LogP contribution in [0.25, 0.3) is 0 Å². The monoisotopic (exact) mass is 371 g/mol. The number of nitrogens with one attached hydrogen (secondary N) is 2. The molecule has 0 aliphatic rings. The fourth-order valence-electron chi connectivity index (χ4n) is 2.16. The Morgan fingerprint density at radius 3 is 2.44 bits per heavy atom. The maximum absolute atomic E-state index is 12.5. The lowest BCUT2D eigenvalue weighted by Gasteiger charge is -2.08. The molecule has 2 rings (SSSR count). The van der Waals surface area contributed by atoms with Crippen molar-refractivity contribution in [3.05, 3.63) is 58.8 Å². The largest absolute Gasteiger partial charge is 0.506 e. The number of ether oxygens (including phenoxy) is 2. The number of hydrogen-bond donors (Lipinski definition) is 3. The fourth-order valence-corrected chi connectivity index (χ4v) is 2.16. The first-order chi connectivity index (χ1) is 13.0. The molecule has 0 fully saturated rings. The lowest BCUT2D eigenvalue weighted by atomic mass is 10.2. The Morgan fingerprint density at radius 1 is 1.11 bits per heavy atom. The van der Waals surface area contributed by atoms with Crippen LogP contribution in [0.4, 0.5) is 17.1 Å². The van der Waals surface area contributed by atoms with E-state index in [2.05, 4.69) is 20.7 Å². The van der Waals surface area contributed by atoms with Crippen LogP contribution in [0.5, 0.6) is 11.5 Å². The first kappa shape index (κ1) is 19.6. The second-order valence-electron chi connectivity index (χ2n) is 5.29. The van der Waals surface area contributed by atoms with Gasteiger partial charge in [0.05, 0.1) is 19.9 Å². The number of benzene rings is 2. The summed E-state index contributed by atoms with van der Waals surface area (Å²) in [5.41, 5.74) is 0.757. The van der Waals surface area contributed by atoms with Gasteiger partial charge in [-0.15, -0.1) is 4.91 Å². The van der Waals surface area contributed by atoms with E-state index in [0.29, 0.717) is 17.1 Å². The van der Waals surface area contributed by atoms with Crippen molar-refractivity contribution in [2.24, 2.45) is 10.3 Å². The second-order valence-corrected chi connectivity index (χ2v) is 5.29. The summed E-state index contributed by atoms with van der Waals surface area (Å²) in [7, 11) is 2.89. The van der Waals surface area contributed by atoms with Gasteiger partial charge in [-0.05, 0) is 29.4 Å². The number of aliphatic hydroxyl groups excluding tert-OH is 1. The van der Waals surface area contributed by atoms with E-state index in [0.717, 1.165) is 0 Å². The van der Waals surface area contributed by atoms with Crippen molar-refractivity contribution in [2.45, 2.75) is 6.92 Å². The zero-order chi connectivity index (χ0) is 19.8. The van der Waals surface area contributed by atoms with Crippen LogP contribution in [0.1, 0.15) is 6.92 Å². The fraction of sp³-hybridized carbons (Fsp3) is 0.167. The van der Waals surface area contributed by atoms with Gasteiger partial charge < -0.3 is 19.9 Å². The zero-order valence-electron chi connectivity index (χ0n) is 15.0. The number of para-hydroxylation sites is 2. The van der Waals surface area contributed by atoms with Crippen LogP contribution in [-0.2, 0) is 4.79 Å². The van der Waals surface area contributed by atoms with Gasteiger partial charge in [-0.2, -0.15) is 0 Å². The number of amides is 1. The number of azo groups is 1. The quantitative estimate of drug-likeness (QED) is 0.299. The molecule has 0 atom stereocenters. The molecule has 0 bridgehead atoms. The lowest BCUT2D eigenvalue weighted by Crippen LogP contribution is -2.66. The number of nitroso groups, excluding NO2 is 1. The average molecular weight is 371 g/mol. The summed E-state index contributed by atoms with van der Waals surface area (Å²) in [6, 6.07) is 11.2. The second kappa shape index (κ2) is 9.09. The summed E-state index contributed by atoms with van der Waals surface area (Å²) >= 11 is 0. The summed E-state index contributed by atoms with van der Waals surface area (Å²) in [5.74, 6) is -0.138. The Kier molecular flexibility index (Phi) is 6.59. The maximum atomic E-state index is 12.5. The summed E-state index contributed by atoms with van der Waals surface area (Å²) in [6.45, 7) is 1.34. The third kappa shape index (κ3) is 4.88. The van der Waals surface area contributed by atoms with Crippen molar-refractivity contribution in [2.75, 3.05) is 19.5 Å². The smallest absolute Gasteiger partial charge is 0.331 e. The van der Waals surface area contributed by atoms with Crippen LogP contribution >= 0.6 is 0 Å². The van der Waals surface area contributed by atoms with Crippen molar-refractivity contribution in [3.63, 3.8) is 0 Å². The van der Waals surface area contributed by atoms with E-state index in [1.165, 1.54) is 39.3 Å². The molecule has 9 nitrogen and oxygen atoms in total. The summed E-state index contributed by atoms with van der Waals surface area (Å²) in [6.07, 6.45) is 0. The number of nitrogens with zero attached hydrogens (tertiary/aromatic N) is 2. The highest BCUT2D eigenvalue weighted by atomic mass is 16.5. The van der Waals surface area contributed by atoms with E-state index in [4.69, 9.17) is 9.47 Å². The number of anilines is 1. The standard InChI is InChI=1S/C18H18N4O5/c1-11(23)17(18(24)19-13-6-4-5-7-15(13)26-2)21-20-14-9-8-12(22-25)10-16(14)27-3/h4-10,23H,1-3H3,(H,19,24)/p+1/b17-11-,21-20?. The predicted molar refractivity (Wildman–Crippen MR) is 98.5 cm³/mol. The Hall–Kier alpha value is -3.75. The molecule has 0 aromatic heterocycles. The van der Waals surface area contributed by atoms with E-state index < -0.39 is 5.91 Å². The van der Waals surface area contributed by atoms with E-state index in [9.17, 15) is 14.8 Å². The number of rotatable bonds is 7. The van der Waals surface area contributed by atoms with Crippen molar-refractivity contribution in [1.82, 2.24) is 0 Å². The number of aliphatic hydroxyl groups is 1. The number of carbonyl (C=O) groups is 1. The summed E-state index contributed by atoms with van der Waals surface area (Å²) in [4.78, 5) is 23.1. The van der Waals surface area contributed by atoms with E-state index in [-0.39, 0.29) is 22.9 Å². The topological polar surface area (TPSA) is 124 Å². The summed E-state index contributed by atoms with van der Waals surface area (Å²) < 4.78 is 10.3. The molecule has 0 aliphatic carbocycles. The minimum atomic E-state index is -0.617. The third-order valence-electron chi connectivity index (χ3n) is 3.50. The van der Waals surface area contributed by atoms with Crippen molar-refractivity contribution in [1.29, 1.82) is 0 Å². The van der Waals surface area contributed by atoms with Crippen molar-refractivity contribution >= 4 is 23.0 Å². The van der Waals surface area contributed by atoms with Gasteiger partial charge in [0, 0.05) is 18.1 Å². The molecule has 27 heavy (non-hydrogen) atoms. The molecule has 2 aromatic carbocycles. The molecule has 0 saturated carbocycles. The molecule has 1 amide bonds. The van der Waals surface area contributed by atoms with E-state index in [1.807, 2.05) is 0 Å². The van der Waals surface area contributed by atoms with Crippen LogP contribution < -0.4 is 19.9 Å². The Labute approximate surface area is 155 Å². The van der Waals surface area contributed by atoms with Gasteiger partial charge in [0.1, 0.15) is 11.4 Å². The number of allylic oxidation sites excluding steroid dienone is 1. The van der Waals surface area contributed by atoms with Crippen LogP contribution in [0, 0.1) is 4.91 Å². The van der Waals surface area contributed by atoms with Gasteiger partial charge in [-0.3, -0.25) is 4.79 Å². The third-order valence-corrected chi connectivity index (χ3v) is 3.50. The maximum Gasteiger partial charge on any atom is 0.331 e. The normalized spacial score (nSPS) is 11.7. The first-order valence-corrected chi connectivity index (χ1v) is 7.82. The lowest BCUT2D eigenvalue weighted by molar-refractivity contribution is -0.469. The Balaban J connectivity index is 2.28. The molecule has 9 heteroatoms. The van der Waals surface area contributed by atoms with Gasteiger partial charge in [-0.1, -0.05) is 17.2 Å². The molecule has 0 spiro atoms. The van der Waals surface area contributed by atoms with Crippen LogP contribution in [0.3, 0.4) is 0 Å². The minimum absolute atomic E-state index is 0.166. The molecular weight excluding hydrogens is 352 g/mol. The highest BCUT2D eigenvalue weighted by molar-refractivity contribution is 6.02. The molecule has 0 saturated heterocycles. The highest BCUT2D eigenvalue weighted by Gasteiger charge is 2.21. The van der Waals surface area contributed by atoms with Crippen molar-refractivity contribution < 1.29 is 24.5 Å². The highest BCUT2D eigenvalue weighted by Crippen LogP contribution is 2.30. The molecule has 0 unspecified atom stereocenters. The number of hydrogen-bond acceptors (Lipinski definition) is 7. The zero-order valence-corrected chi connectivity index (χ0v) is 15.0. The minimum Gasteiger partial charge on any atom is -0.506 e. The SMILES string of the molecule is COc1cc(N=O)ccc1N=[NH+]/C(C(=O)Nc1ccccc1OC)=C(/C)O. The van der Waals surface area contributed by atoms with Crippen LogP contribution in [0.15, 0.2) is 64.2 Å². The van der Waals surface area contributed by atoms with E-state index in [1.54, 1.807) is 24.3 Å². The van der Waals surface area contributed by atoms with Crippen LogP contribution in [0.2, 0.25) is 0 Å². The Bertz CT molecular complexity index is 904. The molecule has 0 heterocycles. The van der Waals surface area contributed by atoms with Gasteiger partial charge in [0.25, 0.3) is 0 Å². The molecule has 140 valence electrons. The van der Waals surface area contributed by atoms with E-state index >= 15 is 0 Å². The van der Waals surface area contributed by atoms with Gasteiger partial charge in [0.2, 0.25) is 0 Å². The number of carbonyl (C=O) groups excluding carboxylic acids is 1. The predicted octanol–water partition coefficient (Wildman–Crippen LogP) is 2.69. The van der Waals surface area contributed by atoms with Gasteiger partial charge in [-0.25, -0.2) is 0 Å². The van der Waals surface area contributed by atoms with Crippen LogP contribution in [-0.4, -0.2) is 25.2 Å². The average Bonchev–Trinajstić information content (AvgIpc) is 2.68. The van der Waals surface area contributed by atoms with Gasteiger partial charge in [0.15, 0.2) is 17.2 Å². The van der Waals surface area contributed by atoms with Gasteiger partial charge >= 0.3 is 11.6 Å². The molecular formula is C18H19N4O5+. The molecule has 0 radical (unpaired) electrons. The molecule has 3 N–H and O–H groups in total. The first-order valence-electron chi connectivity index (χ1n) is 7.82. The van der Waals surface area contributed by atoms with Crippen molar-refractivity contribution in [3.8, 4) is 11.5 Å². The molecule has 2 aromatic rings. The Morgan fingerprint density at radius 2 is 1.81 bits per heavy atom.